The van der Waals surface area contributed by atoms with Crippen LogP contribution >= 0.6 is 0 Å². The second kappa shape index (κ2) is 2.96. The van der Waals surface area contributed by atoms with Gasteiger partial charge in [0, 0.05) is 5.41 Å². The highest BCUT2D eigenvalue weighted by atomic mass is 16.3. The molecule has 78 valence electrons. The van der Waals surface area contributed by atoms with Gasteiger partial charge in [0.25, 0.3) is 0 Å². The van der Waals surface area contributed by atoms with Crippen molar-refractivity contribution in [3.8, 4) is 0 Å². The number of hydrogen-bond acceptors (Lipinski definition) is 1. The first-order valence-corrected chi connectivity index (χ1v) is 5.69. The Morgan fingerprint density at radius 1 is 1.33 bits per heavy atom. The van der Waals surface area contributed by atoms with Crippen molar-refractivity contribution in [2.75, 3.05) is 0 Å². The van der Waals surface area contributed by atoms with Crippen LogP contribution in [-0.4, -0.2) is 11.2 Å². The van der Waals surface area contributed by atoms with Crippen LogP contribution in [0.3, 0.4) is 0 Å². The number of aliphatic hydroxyl groups excluding tert-OH is 1. The van der Waals surface area contributed by atoms with Crippen molar-refractivity contribution in [1.82, 2.24) is 0 Å². The largest absolute Gasteiger partial charge is 0.392 e. The SMILES string of the molecule is C[C@]12CCc3ccccc3C1=CC[C@@H]2O. The van der Waals surface area contributed by atoms with Crippen LogP contribution in [0.2, 0.25) is 0 Å². The Kier molecular flexibility index (Phi) is 1.81. The Hall–Kier alpha value is -1.08. The summed E-state index contributed by atoms with van der Waals surface area (Å²) in [6.45, 7) is 2.20. The number of aliphatic hydroxyl groups is 1. The molecule has 2 aliphatic carbocycles. The lowest BCUT2D eigenvalue weighted by Gasteiger charge is -2.37. The highest BCUT2D eigenvalue weighted by Gasteiger charge is 2.43. The molecule has 0 bridgehead atoms. The summed E-state index contributed by atoms with van der Waals surface area (Å²) in [4.78, 5) is 0. The molecular formula is C14H16O. The zero-order chi connectivity index (χ0) is 10.5. The second-order valence-electron chi connectivity index (χ2n) is 4.94. The molecule has 0 unspecified atom stereocenters. The molecule has 0 amide bonds. The van der Waals surface area contributed by atoms with Crippen molar-refractivity contribution in [2.24, 2.45) is 5.41 Å². The predicted molar refractivity (Wildman–Crippen MR) is 61.5 cm³/mol. The third-order valence-electron chi connectivity index (χ3n) is 4.12. The van der Waals surface area contributed by atoms with Crippen molar-refractivity contribution in [1.29, 1.82) is 0 Å². The quantitative estimate of drug-likeness (QED) is 0.682. The van der Waals surface area contributed by atoms with E-state index in [1.807, 2.05) is 0 Å². The van der Waals surface area contributed by atoms with E-state index in [9.17, 15) is 5.11 Å². The van der Waals surface area contributed by atoms with E-state index in [0.29, 0.717) is 0 Å². The van der Waals surface area contributed by atoms with Crippen molar-refractivity contribution < 1.29 is 5.11 Å². The summed E-state index contributed by atoms with van der Waals surface area (Å²) >= 11 is 0. The molecule has 1 aromatic carbocycles. The first-order valence-electron chi connectivity index (χ1n) is 5.69. The molecule has 0 heterocycles. The van der Waals surface area contributed by atoms with E-state index < -0.39 is 0 Å². The summed E-state index contributed by atoms with van der Waals surface area (Å²) in [5.74, 6) is 0. The number of benzene rings is 1. The molecule has 3 rings (SSSR count). The number of aryl methyl sites for hydroxylation is 1. The van der Waals surface area contributed by atoms with Crippen molar-refractivity contribution in [2.45, 2.75) is 32.3 Å². The van der Waals surface area contributed by atoms with Crippen molar-refractivity contribution in [3.05, 3.63) is 41.5 Å². The third kappa shape index (κ3) is 1.13. The predicted octanol–water partition coefficient (Wildman–Crippen LogP) is 2.79. The third-order valence-corrected chi connectivity index (χ3v) is 4.12. The topological polar surface area (TPSA) is 20.2 Å². The highest BCUT2D eigenvalue weighted by molar-refractivity contribution is 5.76. The first-order chi connectivity index (χ1) is 7.22. The van der Waals surface area contributed by atoms with Gasteiger partial charge in [-0.05, 0) is 36.0 Å². The van der Waals surface area contributed by atoms with E-state index in [1.54, 1.807) is 0 Å². The van der Waals surface area contributed by atoms with Crippen LogP contribution in [0.15, 0.2) is 30.3 Å². The molecule has 2 aliphatic rings. The van der Waals surface area contributed by atoms with Crippen LogP contribution in [0.4, 0.5) is 0 Å². The molecule has 15 heavy (non-hydrogen) atoms. The van der Waals surface area contributed by atoms with Crippen molar-refractivity contribution in [3.63, 3.8) is 0 Å². The fourth-order valence-electron chi connectivity index (χ4n) is 3.02. The van der Waals surface area contributed by atoms with E-state index in [-0.39, 0.29) is 11.5 Å². The maximum absolute atomic E-state index is 10.1. The molecule has 1 heteroatoms. The van der Waals surface area contributed by atoms with Gasteiger partial charge >= 0.3 is 0 Å². The Morgan fingerprint density at radius 3 is 3.00 bits per heavy atom. The van der Waals surface area contributed by atoms with E-state index in [1.165, 1.54) is 16.7 Å². The average Bonchev–Trinajstić information content (AvgIpc) is 2.56. The zero-order valence-electron chi connectivity index (χ0n) is 9.03. The zero-order valence-corrected chi connectivity index (χ0v) is 9.03. The summed E-state index contributed by atoms with van der Waals surface area (Å²) in [7, 11) is 0. The minimum Gasteiger partial charge on any atom is -0.392 e. The van der Waals surface area contributed by atoms with Crippen LogP contribution in [0.5, 0.6) is 0 Å². The monoisotopic (exact) mass is 200 g/mol. The van der Waals surface area contributed by atoms with Crippen LogP contribution < -0.4 is 0 Å². The van der Waals surface area contributed by atoms with Crippen LogP contribution in [0.1, 0.15) is 30.9 Å². The molecule has 0 radical (unpaired) electrons. The lowest BCUT2D eigenvalue weighted by atomic mass is 9.69. The highest BCUT2D eigenvalue weighted by Crippen LogP contribution is 2.51. The normalized spacial score (nSPS) is 33.2. The second-order valence-corrected chi connectivity index (χ2v) is 4.94. The Labute approximate surface area is 90.4 Å². The van der Waals surface area contributed by atoms with Crippen LogP contribution in [0.25, 0.3) is 5.57 Å². The number of rotatable bonds is 0. The summed E-state index contributed by atoms with van der Waals surface area (Å²) in [5, 5.41) is 10.1. The van der Waals surface area contributed by atoms with Crippen LogP contribution in [0, 0.1) is 5.41 Å². The van der Waals surface area contributed by atoms with Crippen molar-refractivity contribution >= 4 is 5.57 Å². The molecule has 0 spiro atoms. The van der Waals surface area contributed by atoms with E-state index >= 15 is 0 Å². The molecule has 1 N–H and O–H groups in total. The van der Waals surface area contributed by atoms with E-state index in [2.05, 4.69) is 37.3 Å². The number of hydrogen-bond donors (Lipinski definition) is 1. The summed E-state index contributed by atoms with van der Waals surface area (Å²) in [5.41, 5.74) is 4.18. The summed E-state index contributed by atoms with van der Waals surface area (Å²) in [6.07, 6.45) is 5.04. The molecule has 1 nitrogen and oxygen atoms in total. The fraction of sp³-hybridized carbons (Fsp3) is 0.429. The molecule has 0 saturated heterocycles. The van der Waals surface area contributed by atoms with Crippen LogP contribution in [-0.2, 0) is 6.42 Å². The van der Waals surface area contributed by atoms with E-state index in [0.717, 1.165) is 19.3 Å². The van der Waals surface area contributed by atoms with E-state index in [4.69, 9.17) is 0 Å². The smallest absolute Gasteiger partial charge is 0.0668 e. The standard InChI is InChI=1S/C14H16O/c1-14-9-8-10-4-2-3-5-11(10)12(14)6-7-13(14)15/h2-6,13,15H,7-9H2,1H3/t13-,14-/m0/s1. The minimum absolute atomic E-state index is 0.00829. The summed E-state index contributed by atoms with van der Waals surface area (Å²) in [6, 6.07) is 8.60. The van der Waals surface area contributed by atoms with Gasteiger partial charge in [-0.3, -0.25) is 0 Å². The van der Waals surface area contributed by atoms with Gasteiger partial charge in [-0.15, -0.1) is 0 Å². The minimum atomic E-state index is -0.180. The molecule has 0 aromatic heterocycles. The summed E-state index contributed by atoms with van der Waals surface area (Å²) < 4.78 is 0. The molecule has 0 fully saturated rings. The van der Waals surface area contributed by atoms with Gasteiger partial charge in [0.2, 0.25) is 0 Å². The Bertz CT molecular complexity index is 433. The lowest BCUT2D eigenvalue weighted by molar-refractivity contribution is 0.0826. The lowest BCUT2D eigenvalue weighted by Crippen LogP contribution is -2.32. The number of fused-ring (bicyclic) bond motifs is 3. The fourth-order valence-corrected chi connectivity index (χ4v) is 3.02. The molecule has 0 saturated carbocycles. The van der Waals surface area contributed by atoms with Gasteiger partial charge < -0.3 is 5.11 Å². The maximum Gasteiger partial charge on any atom is 0.0668 e. The van der Waals surface area contributed by atoms with Gasteiger partial charge in [-0.1, -0.05) is 37.3 Å². The van der Waals surface area contributed by atoms with Gasteiger partial charge in [0.1, 0.15) is 0 Å². The Morgan fingerprint density at radius 2 is 2.13 bits per heavy atom. The molecule has 0 aliphatic heterocycles. The molecule has 1 aromatic rings. The average molecular weight is 200 g/mol. The van der Waals surface area contributed by atoms with Gasteiger partial charge in [0.05, 0.1) is 6.10 Å². The Balaban J connectivity index is 2.16. The first kappa shape index (κ1) is 9.17. The molecule has 2 atom stereocenters. The van der Waals surface area contributed by atoms with Gasteiger partial charge in [-0.2, -0.15) is 0 Å². The molecular weight excluding hydrogens is 184 g/mol. The van der Waals surface area contributed by atoms with Gasteiger partial charge in [0.15, 0.2) is 0 Å². The maximum atomic E-state index is 10.1. The van der Waals surface area contributed by atoms with Gasteiger partial charge in [-0.25, -0.2) is 0 Å².